The molecule has 0 saturated heterocycles. The minimum Gasteiger partial charge on any atom is -0.481 e. The number of aliphatic carboxylic acids is 1. The number of nitro benzene ring substituents is 1. The minimum absolute atomic E-state index is 0.0402. The lowest BCUT2D eigenvalue weighted by molar-refractivity contribution is -0.384. The van der Waals surface area contributed by atoms with Crippen molar-refractivity contribution in [2.24, 2.45) is 11.7 Å². The summed E-state index contributed by atoms with van der Waals surface area (Å²) >= 11 is 1.26. The number of carbonyl (C=O) groups is 4. The number of nitrogens with zero attached hydrogens (tertiary/aromatic N) is 1. The molecule has 0 aliphatic heterocycles. The zero-order valence-corrected chi connectivity index (χ0v) is 25.5. The van der Waals surface area contributed by atoms with Gasteiger partial charge in [0, 0.05) is 23.6 Å². The van der Waals surface area contributed by atoms with Gasteiger partial charge in [0.1, 0.15) is 12.1 Å². The van der Waals surface area contributed by atoms with E-state index >= 15 is 0 Å². The van der Waals surface area contributed by atoms with Crippen LogP contribution >= 0.6 is 11.8 Å². The van der Waals surface area contributed by atoms with Crippen LogP contribution in [-0.2, 0) is 42.5 Å². The van der Waals surface area contributed by atoms with Crippen LogP contribution in [0, 0.1) is 16.0 Å². The summed E-state index contributed by atoms with van der Waals surface area (Å²) in [6.45, 7) is 1.65. The molecule has 13 heteroatoms. The molecule has 0 heterocycles. The van der Waals surface area contributed by atoms with Crippen LogP contribution in [0.4, 0.5) is 5.69 Å². The van der Waals surface area contributed by atoms with Crippen molar-refractivity contribution in [1.82, 2.24) is 10.6 Å². The van der Waals surface area contributed by atoms with Crippen LogP contribution in [0.3, 0.4) is 0 Å². The Bertz CT molecular complexity index is 1440. The van der Waals surface area contributed by atoms with Crippen molar-refractivity contribution in [3.63, 3.8) is 0 Å². The SMILES string of the molecule is CCOC(=O)[C@H](CSCc1ccc([N+](=O)[O-])cc1)NC(=O)[C@@H](NC(=O)[C@@H](N)Cc1ccccc1)C(Cc1ccccc1)C(=O)O. The number of hydrogen-bond acceptors (Lipinski definition) is 9. The molecule has 5 N–H and O–H groups in total. The number of amides is 2. The van der Waals surface area contributed by atoms with Gasteiger partial charge in [-0.15, -0.1) is 0 Å². The zero-order valence-electron chi connectivity index (χ0n) is 24.7. The third kappa shape index (κ3) is 11.0. The molecule has 3 rings (SSSR count). The number of benzene rings is 3. The van der Waals surface area contributed by atoms with Gasteiger partial charge in [0.2, 0.25) is 11.8 Å². The number of non-ortho nitro benzene ring substituents is 1. The van der Waals surface area contributed by atoms with E-state index in [1.165, 1.54) is 23.9 Å². The summed E-state index contributed by atoms with van der Waals surface area (Å²) in [4.78, 5) is 62.7. The van der Waals surface area contributed by atoms with Crippen molar-refractivity contribution in [2.45, 2.75) is 43.6 Å². The second kappa shape index (κ2) is 17.5. The van der Waals surface area contributed by atoms with Crippen molar-refractivity contribution >= 4 is 41.2 Å². The van der Waals surface area contributed by atoms with Crippen molar-refractivity contribution < 1.29 is 33.9 Å². The molecule has 1 unspecified atom stereocenters. The van der Waals surface area contributed by atoms with E-state index in [1.807, 2.05) is 6.07 Å². The van der Waals surface area contributed by atoms with Crippen LogP contribution < -0.4 is 16.4 Å². The Morgan fingerprint density at radius 2 is 1.44 bits per heavy atom. The average molecular weight is 637 g/mol. The smallest absolute Gasteiger partial charge is 0.329 e. The standard InChI is InChI=1S/C32H36N4O8S/c1-2-44-32(41)27(20-45-19-23-13-15-24(16-14-23)36(42)43)34-30(38)28(25(31(39)40)17-21-9-5-3-6-10-21)35-29(37)26(33)18-22-11-7-4-8-12-22/h3-16,25-28H,2,17-20,33H2,1H3,(H,34,38)(H,35,37)(H,39,40)/t25?,26-,27-,28-/m0/s1. The number of carboxylic acids is 1. The number of nitrogens with two attached hydrogens (primary N) is 1. The molecule has 238 valence electrons. The van der Waals surface area contributed by atoms with Crippen molar-refractivity contribution in [3.8, 4) is 0 Å². The average Bonchev–Trinajstić information content (AvgIpc) is 3.03. The molecule has 4 atom stereocenters. The highest BCUT2D eigenvalue weighted by molar-refractivity contribution is 7.98. The van der Waals surface area contributed by atoms with Gasteiger partial charge >= 0.3 is 11.9 Å². The Morgan fingerprint density at radius 1 is 0.867 bits per heavy atom. The fourth-order valence-corrected chi connectivity index (χ4v) is 5.47. The lowest BCUT2D eigenvalue weighted by Gasteiger charge is -2.27. The minimum atomic E-state index is -1.58. The summed E-state index contributed by atoms with van der Waals surface area (Å²) in [5, 5.41) is 26.2. The molecule has 45 heavy (non-hydrogen) atoms. The number of rotatable bonds is 17. The van der Waals surface area contributed by atoms with E-state index in [0.717, 1.165) is 11.1 Å². The Morgan fingerprint density at radius 3 is 1.98 bits per heavy atom. The number of nitro groups is 1. The fourth-order valence-electron chi connectivity index (χ4n) is 4.47. The van der Waals surface area contributed by atoms with Crippen LogP contribution in [-0.4, -0.2) is 64.3 Å². The number of ether oxygens (including phenoxy) is 1. The van der Waals surface area contributed by atoms with Crippen molar-refractivity contribution in [1.29, 1.82) is 0 Å². The van der Waals surface area contributed by atoms with E-state index in [9.17, 15) is 34.4 Å². The fraction of sp³-hybridized carbons (Fsp3) is 0.312. The van der Waals surface area contributed by atoms with Crippen LogP contribution in [0.2, 0.25) is 0 Å². The van der Waals surface area contributed by atoms with E-state index in [4.69, 9.17) is 10.5 Å². The van der Waals surface area contributed by atoms with E-state index in [0.29, 0.717) is 11.3 Å². The number of carbonyl (C=O) groups excluding carboxylic acids is 3. The summed E-state index contributed by atoms with van der Waals surface area (Å²) in [5.74, 6) is -4.64. The number of nitrogens with one attached hydrogen (secondary N) is 2. The third-order valence-electron chi connectivity index (χ3n) is 6.82. The molecular weight excluding hydrogens is 600 g/mol. The van der Waals surface area contributed by atoms with Gasteiger partial charge < -0.3 is 26.2 Å². The molecule has 3 aromatic carbocycles. The predicted molar refractivity (Wildman–Crippen MR) is 169 cm³/mol. The van der Waals surface area contributed by atoms with Gasteiger partial charge in [0.25, 0.3) is 5.69 Å². The highest BCUT2D eigenvalue weighted by atomic mass is 32.2. The summed E-state index contributed by atoms with van der Waals surface area (Å²) in [6.07, 6.45) is 0.0730. The van der Waals surface area contributed by atoms with Gasteiger partial charge in [-0.25, -0.2) is 4.79 Å². The van der Waals surface area contributed by atoms with Crippen LogP contribution in [0.25, 0.3) is 0 Å². The number of carboxylic acid groups (broad SMARTS) is 1. The second-order valence-electron chi connectivity index (χ2n) is 10.2. The molecule has 0 fully saturated rings. The van der Waals surface area contributed by atoms with E-state index < -0.39 is 52.7 Å². The van der Waals surface area contributed by atoms with E-state index in [1.54, 1.807) is 73.7 Å². The molecule has 12 nitrogen and oxygen atoms in total. The van der Waals surface area contributed by atoms with Crippen molar-refractivity contribution in [3.05, 3.63) is 112 Å². The summed E-state index contributed by atoms with van der Waals surface area (Å²) in [5.41, 5.74) is 8.27. The molecule has 0 saturated carbocycles. The molecule has 0 aliphatic rings. The maximum absolute atomic E-state index is 13.7. The molecule has 0 aromatic heterocycles. The van der Waals surface area contributed by atoms with E-state index in [2.05, 4.69) is 10.6 Å². The Hall–Kier alpha value is -4.75. The third-order valence-corrected chi connectivity index (χ3v) is 7.93. The first kappa shape index (κ1) is 34.7. The zero-order chi connectivity index (χ0) is 32.8. The first-order valence-corrected chi connectivity index (χ1v) is 15.4. The molecule has 0 aliphatic carbocycles. The predicted octanol–water partition coefficient (Wildman–Crippen LogP) is 2.87. The second-order valence-corrected chi connectivity index (χ2v) is 11.2. The number of hydrogen-bond donors (Lipinski definition) is 4. The van der Waals surface area contributed by atoms with Crippen molar-refractivity contribution in [2.75, 3.05) is 12.4 Å². The van der Waals surface area contributed by atoms with Crippen LogP contribution in [0.1, 0.15) is 23.6 Å². The molecule has 2 amide bonds. The highest BCUT2D eigenvalue weighted by Crippen LogP contribution is 2.19. The molecule has 0 spiro atoms. The lowest BCUT2D eigenvalue weighted by Crippen LogP contribution is -2.59. The maximum Gasteiger partial charge on any atom is 0.329 e. The molecule has 0 radical (unpaired) electrons. The van der Waals surface area contributed by atoms with Gasteiger partial charge in [0.15, 0.2) is 0 Å². The molecular formula is C32H36N4O8S. The topological polar surface area (TPSA) is 191 Å². The Balaban J connectivity index is 1.80. The van der Waals surface area contributed by atoms with Gasteiger partial charge in [-0.1, -0.05) is 72.8 Å². The maximum atomic E-state index is 13.7. The Labute approximate surface area is 264 Å². The normalized spacial score (nSPS) is 13.5. The van der Waals surface area contributed by atoms with Crippen LogP contribution in [0.15, 0.2) is 84.9 Å². The Kier molecular flexibility index (Phi) is 13.5. The number of thioether (sulfide) groups is 1. The van der Waals surface area contributed by atoms with Gasteiger partial charge in [0.05, 0.1) is 23.5 Å². The summed E-state index contributed by atoms with van der Waals surface area (Å²) in [7, 11) is 0. The summed E-state index contributed by atoms with van der Waals surface area (Å²) in [6, 6.07) is 19.8. The van der Waals surface area contributed by atoms with Gasteiger partial charge in [-0.3, -0.25) is 24.5 Å². The first-order valence-electron chi connectivity index (χ1n) is 14.2. The first-order chi connectivity index (χ1) is 21.6. The largest absolute Gasteiger partial charge is 0.481 e. The summed E-state index contributed by atoms with van der Waals surface area (Å²) < 4.78 is 5.15. The van der Waals surface area contributed by atoms with Gasteiger partial charge in [-0.05, 0) is 36.5 Å². The molecule has 3 aromatic rings. The quantitative estimate of drug-likeness (QED) is 0.0973. The lowest BCUT2D eigenvalue weighted by atomic mass is 9.90. The van der Waals surface area contributed by atoms with Gasteiger partial charge in [-0.2, -0.15) is 11.8 Å². The monoisotopic (exact) mass is 636 g/mol. The highest BCUT2D eigenvalue weighted by Gasteiger charge is 2.38. The van der Waals surface area contributed by atoms with E-state index in [-0.39, 0.29) is 30.9 Å². The molecule has 0 bridgehead atoms. The van der Waals surface area contributed by atoms with Crippen LogP contribution in [0.5, 0.6) is 0 Å². The number of esters is 1.